The Morgan fingerprint density at radius 2 is 1.39 bits per heavy atom. The number of nitrogens with one attached hydrogen (secondary N) is 1. The second kappa shape index (κ2) is 9.98. The van der Waals surface area contributed by atoms with Gasteiger partial charge in [0, 0.05) is 0 Å². The second-order valence-electron chi connectivity index (χ2n) is 9.98. The predicted molar refractivity (Wildman–Crippen MR) is 128 cm³/mol. The molecule has 31 heavy (non-hydrogen) atoms. The summed E-state index contributed by atoms with van der Waals surface area (Å²) in [6.45, 7) is 13.8. The summed E-state index contributed by atoms with van der Waals surface area (Å²) in [6, 6.07) is 20.0. The molecule has 0 aliphatic heterocycles. The van der Waals surface area contributed by atoms with Gasteiger partial charge < -0.3 is 19.6 Å². The second-order valence-corrected chi connectivity index (χ2v) is 14.3. The molecular formula is C25H37NO4Si. The fourth-order valence-electron chi connectivity index (χ4n) is 3.71. The number of ether oxygens (including phenoxy) is 1. The van der Waals surface area contributed by atoms with Crippen LogP contribution in [0.2, 0.25) is 5.04 Å². The Morgan fingerprint density at radius 1 is 0.935 bits per heavy atom. The van der Waals surface area contributed by atoms with Gasteiger partial charge in [-0.15, -0.1) is 0 Å². The Morgan fingerprint density at radius 3 is 1.77 bits per heavy atom. The first kappa shape index (κ1) is 25.1. The van der Waals surface area contributed by atoms with Crippen LogP contribution in [0.25, 0.3) is 0 Å². The van der Waals surface area contributed by atoms with Crippen LogP contribution in [0.1, 0.15) is 48.5 Å². The van der Waals surface area contributed by atoms with E-state index in [-0.39, 0.29) is 11.6 Å². The summed E-state index contributed by atoms with van der Waals surface area (Å²) in [4.78, 5) is 12.1. The van der Waals surface area contributed by atoms with Gasteiger partial charge >= 0.3 is 6.09 Å². The molecule has 0 radical (unpaired) electrons. The van der Waals surface area contributed by atoms with E-state index in [1.165, 1.54) is 0 Å². The molecule has 0 unspecified atom stereocenters. The molecule has 2 rings (SSSR count). The van der Waals surface area contributed by atoms with E-state index in [4.69, 9.17) is 9.16 Å². The lowest BCUT2D eigenvalue weighted by Gasteiger charge is -2.43. The Bertz CT molecular complexity index is 789. The normalized spacial score (nSPS) is 14.6. The van der Waals surface area contributed by atoms with Gasteiger partial charge in [0.25, 0.3) is 8.32 Å². The average Bonchev–Trinajstić information content (AvgIpc) is 2.67. The third kappa shape index (κ3) is 6.42. The number of amides is 1. The molecular weight excluding hydrogens is 406 g/mol. The smallest absolute Gasteiger partial charge is 0.407 e. The monoisotopic (exact) mass is 443 g/mol. The molecule has 2 aromatic rings. The van der Waals surface area contributed by atoms with Crippen LogP contribution in [0.3, 0.4) is 0 Å². The zero-order valence-electron chi connectivity index (χ0n) is 19.8. The van der Waals surface area contributed by atoms with Crippen molar-refractivity contribution in [3.05, 3.63) is 60.7 Å². The van der Waals surface area contributed by atoms with E-state index in [9.17, 15) is 9.90 Å². The van der Waals surface area contributed by atoms with E-state index >= 15 is 0 Å². The Balaban J connectivity index is 2.30. The minimum atomic E-state index is -2.74. The Labute approximate surface area is 187 Å². The van der Waals surface area contributed by atoms with Crippen molar-refractivity contribution in [2.24, 2.45) is 0 Å². The summed E-state index contributed by atoms with van der Waals surface area (Å²) in [5, 5.41) is 15.6. The van der Waals surface area contributed by atoms with Crippen LogP contribution >= 0.6 is 0 Å². The van der Waals surface area contributed by atoms with Gasteiger partial charge in [-0.1, -0.05) is 81.4 Å². The molecule has 0 aliphatic rings. The van der Waals surface area contributed by atoms with E-state index in [0.29, 0.717) is 0 Å². The molecule has 0 bridgehead atoms. The van der Waals surface area contributed by atoms with Gasteiger partial charge in [-0.3, -0.25) is 0 Å². The number of benzene rings is 2. The van der Waals surface area contributed by atoms with Crippen molar-refractivity contribution in [2.45, 2.75) is 71.3 Å². The zero-order chi connectivity index (χ0) is 23.3. The third-order valence-corrected chi connectivity index (χ3v) is 10.2. The molecule has 170 valence electrons. The summed E-state index contributed by atoms with van der Waals surface area (Å²) in [5.74, 6) is 0. The minimum absolute atomic E-state index is 0.101. The molecule has 1 amide bonds. The fourth-order valence-corrected chi connectivity index (χ4v) is 8.28. The molecule has 0 saturated carbocycles. The van der Waals surface area contributed by atoms with Gasteiger partial charge in [0.1, 0.15) is 5.60 Å². The van der Waals surface area contributed by atoms with E-state index in [2.05, 4.69) is 50.4 Å². The minimum Gasteiger partial charge on any atom is -0.444 e. The molecule has 0 aromatic heterocycles. The van der Waals surface area contributed by atoms with Gasteiger partial charge in [-0.05, 0) is 43.1 Å². The summed E-state index contributed by atoms with van der Waals surface area (Å²) in [6.07, 6.45) is -1.43. The summed E-state index contributed by atoms with van der Waals surface area (Å²) in [7, 11) is -2.74. The first-order valence-corrected chi connectivity index (χ1v) is 12.7. The van der Waals surface area contributed by atoms with E-state index in [1.54, 1.807) is 27.7 Å². The molecule has 2 N–H and O–H groups in total. The first-order chi connectivity index (χ1) is 14.4. The maximum absolute atomic E-state index is 12.1. The van der Waals surface area contributed by atoms with Crippen molar-refractivity contribution < 1.29 is 19.1 Å². The molecule has 0 heterocycles. The number of alkyl carbamates (subject to hydrolysis) is 1. The van der Waals surface area contributed by atoms with Crippen LogP contribution < -0.4 is 15.7 Å². The van der Waals surface area contributed by atoms with E-state index < -0.39 is 32.2 Å². The lowest BCUT2D eigenvalue weighted by Crippen LogP contribution is -2.67. The van der Waals surface area contributed by atoms with Crippen molar-refractivity contribution in [3.8, 4) is 0 Å². The third-order valence-electron chi connectivity index (χ3n) is 5.21. The van der Waals surface area contributed by atoms with Crippen LogP contribution in [-0.2, 0) is 9.16 Å². The maximum atomic E-state index is 12.1. The Hall–Kier alpha value is -2.15. The first-order valence-electron chi connectivity index (χ1n) is 10.8. The maximum Gasteiger partial charge on any atom is 0.407 e. The number of carbonyl (C=O) groups excluding carboxylic acids is 1. The highest BCUT2D eigenvalue weighted by Crippen LogP contribution is 2.36. The van der Waals surface area contributed by atoms with Crippen LogP contribution in [0, 0.1) is 0 Å². The number of aliphatic hydroxyl groups excluding tert-OH is 1. The molecule has 5 nitrogen and oxygen atoms in total. The number of aliphatic hydroxyl groups is 1. The SMILES string of the molecule is C[C@@H](NC(=O)OC(C)(C)C)[C@@H](O)CO[Si](c1ccccc1)(c1ccccc1)C(C)(C)C. The van der Waals surface area contributed by atoms with Gasteiger partial charge in [-0.25, -0.2) is 4.79 Å². The molecule has 6 heteroatoms. The molecule has 0 aliphatic carbocycles. The van der Waals surface area contributed by atoms with Crippen molar-refractivity contribution in [3.63, 3.8) is 0 Å². The molecule has 2 atom stereocenters. The number of carbonyl (C=O) groups is 1. The number of rotatable bonds is 7. The standard InChI is InChI=1S/C25H37NO4Si/c1-19(26-23(28)30-24(2,3)4)22(27)18-29-31(25(5,6)7,20-14-10-8-11-15-20)21-16-12-9-13-17-21/h8-17,19,22,27H,18H2,1-7H3,(H,26,28)/t19-,22+/m1/s1. The average molecular weight is 444 g/mol. The molecule has 0 fully saturated rings. The Kier molecular flexibility index (Phi) is 8.08. The van der Waals surface area contributed by atoms with Crippen LogP contribution in [0.15, 0.2) is 60.7 Å². The van der Waals surface area contributed by atoms with Crippen molar-refractivity contribution in [1.82, 2.24) is 5.32 Å². The van der Waals surface area contributed by atoms with Crippen molar-refractivity contribution >= 4 is 24.8 Å². The van der Waals surface area contributed by atoms with Crippen molar-refractivity contribution in [1.29, 1.82) is 0 Å². The largest absolute Gasteiger partial charge is 0.444 e. The summed E-state index contributed by atoms with van der Waals surface area (Å²) < 4.78 is 12.0. The topological polar surface area (TPSA) is 67.8 Å². The number of hydrogen-bond donors (Lipinski definition) is 2. The molecule has 0 saturated heterocycles. The summed E-state index contributed by atoms with van der Waals surface area (Å²) in [5.41, 5.74) is -0.597. The number of hydrogen-bond acceptors (Lipinski definition) is 4. The highest BCUT2D eigenvalue weighted by Gasteiger charge is 2.50. The molecule has 0 spiro atoms. The van der Waals surface area contributed by atoms with E-state index in [1.807, 2.05) is 36.4 Å². The summed E-state index contributed by atoms with van der Waals surface area (Å²) >= 11 is 0. The van der Waals surface area contributed by atoms with E-state index in [0.717, 1.165) is 10.4 Å². The lowest BCUT2D eigenvalue weighted by molar-refractivity contribution is 0.0363. The van der Waals surface area contributed by atoms with Crippen molar-refractivity contribution in [2.75, 3.05) is 6.61 Å². The van der Waals surface area contributed by atoms with Gasteiger partial charge in [0.05, 0.1) is 18.8 Å². The highest BCUT2D eigenvalue weighted by molar-refractivity contribution is 6.99. The highest BCUT2D eigenvalue weighted by atomic mass is 28.4. The fraction of sp³-hybridized carbons (Fsp3) is 0.480. The van der Waals surface area contributed by atoms with Crippen LogP contribution in [0.4, 0.5) is 4.79 Å². The molecule has 2 aromatic carbocycles. The van der Waals surface area contributed by atoms with Crippen LogP contribution in [0.5, 0.6) is 0 Å². The van der Waals surface area contributed by atoms with Crippen LogP contribution in [-0.4, -0.2) is 43.9 Å². The van der Waals surface area contributed by atoms with Gasteiger partial charge in [0.2, 0.25) is 0 Å². The predicted octanol–water partition coefficient (Wildman–Crippen LogP) is 3.84. The van der Waals surface area contributed by atoms with Gasteiger partial charge in [-0.2, -0.15) is 0 Å². The zero-order valence-corrected chi connectivity index (χ0v) is 20.8. The van der Waals surface area contributed by atoms with Gasteiger partial charge in [0.15, 0.2) is 0 Å². The quantitative estimate of drug-likeness (QED) is 0.638. The lowest BCUT2D eigenvalue weighted by atomic mass is 10.2.